The van der Waals surface area contributed by atoms with Crippen LogP contribution in [-0.4, -0.2) is 23.2 Å². The van der Waals surface area contributed by atoms with Crippen molar-refractivity contribution in [3.8, 4) is 0 Å². The van der Waals surface area contributed by atoms with Gasteiger partial charge >= 0.3 is 5.97 Å². The van der Waals surface area contributed by atoms with E-state index < -0.39 is 12.1 Å². The Labute approximate surface area is 92.2 Å². The third kappa shape index (κ3) is 2.78. The van der Waals surface area contributed by atoms with Crippen molar-refractivity contribution in [2.24, 2.45) is 0 Å². The highest BCUT2D eigenvalue weighted by Crippen LogP contribution is 2.21. The lowest BCUT2D eigenvalue weighted by Crippen LogP contribution is -2.12. The van der Waals surface area contributed by atoms with Crippen molar-refractivity contribution in [1.29, 1.82) is 0 Å². The minimum Gasteiger partial charge on any atom is -0.466 e. The normalized spacial score (nSPS) is 11.9. The van der Waals surface area contributed by atoms with Crippen LogP contribution >= 0.6 is 11.6 Å². The number of aromatic nitrogens is 1. The summed E-state index contributed by atoms with van der Waals surface area (Å²) in [7, 11) is 1.21. The van der Waals surface area contributed by atoms with Crippen LogP contribution in [0.25, 0.3) is 0 Å². The van der Waals surface area contributed by atoms with Crippen LogP contribution in [0.2, 0.25) is 5.02 Å². The van der Waals surface area contributed by atoms with Crippen LogP contribution in [0.5, 0.6) is 0 Å². The minimum absolute atomic E-state index is 0.0766. The molecular weight excluding hydrogens is 218 g/mol. The number of rotatable bonds is 3. The van der Waals surface area contributed by atoms with Crippen LogP contribution < -0.4 is 0 Å². The summed E-state index contributed by atoms with van der Waals surface area (Å²) >= 11 is 5.71. The smallest absolute Gasteiger partial charge is 0.336 e. The summed E-state index contributed by atoms with van der Waals surface area (Å²) in [4.78, 5) is 14.9. The van der Waals surface area contributed by atoms with Crippen LogP contribution in [-0.2, 0) is 9.53 Å². The first-order valence-corrected chi connectivity index (χ1v) is 4.50. The molecule has 0 spiro atoms. The molecule has 1 aromatic heterocycles. The van der Waals surface area contributed by atoms with Gasteiger partial charge in [-0.05, 0) is 12.1 Å². The molecule has 80 valence electrons. The van der Waals surface area contributed by atoms with E-state index in [0.29, 0.717) is 5.02 Å². The van der Waals surface area contributed by atoms with Crippen LogP contribution in [0, 0.1) is 0 Å². The van der Waals surface area contributed by atoms with Crippen molar-refractivity contribution < 1.29 is 14.6 Å². The molecule has 1 heterocycles. The fourth-order valence-electron chi connectivity index (χ4n) is 0.992. The molecule has 0 fully saturated rings. The minimum atomic E-state index is -1.20. The van der Waals surface area contributed by atoms with Crippen molar-refractivity contribution in [3.63, 3.8) is 0 Å². The van der Waals surface area contributed by atoms with Crippen LogP contribution in [0.3, 0.4) is 0 Å². The van der Waals surface area contributed by atoms with Crippen LogP contribution in [0.1, 0.15) is 11.8 Å². The van der Waals surface area contributed by atoms with Gasteiger partial charge in [0.25, 0.3) is 0 Å². The number of methoxy groups -OCH3 is 1. The average molecular weight is 228 g/mol. The molecule has 4 nitrogen and oxygen atoms in total. The third-order valence-corrected chi connectivity index (χ3v) is 2.04. The number of hydrogen-bond donors (Lipinski definition) is 1. The van der Waals surface area contributed by atoms with Gasteiger partial charge in [0.1, 0.15) is 6.10 Å². The molecule has 1 N–H and O–H groups in total. The Balaban J connectivity index is 2.89. The summed E-state index contributed by atoms with van der Waals surface area (Å²) in [5, 5.41) is 10.1. The number of nitrogens with zero attached hydrogens (tertiary/aromatic N) is 1. The molecule has 5 heteroatoms. The largest absolute Gasteiger partial charge is 0.466 e. The summed E-state index contributed by atoms with van der Waals surface area (Å²) in [6.07, 6.45) is 0.238. The predicted molar refractivity (Wildman–Crippen MR) is 55.4 cm³/mol. The standard InChI is InChI=1S/C10H10ClNO3/c1-6(10(14)15-2)9(13)8-5-7(11)3-4-12-8/h3-5,9,13H,1H2,2H3. The lowest BCUT2D eigenvalue weighted by molar-refractivity contribution is -0.137. The van der Waals surface area contributed by atoms with Gasteiger partial charge in [-0.1, -0.05) is 18.2 Å². The van der Waals surface area contributed by atoms with Gasteiger partial charge in [-0.2, -0.15) is 0 Å². The summed E-state index contributed by atoms with van der Waals surface area (Å²) in [5.41, 5.74) is 0.185. The Hall–Kier alpha value is -1.39. The number of ether oxygens (including phenoxy) is 1. The molecule has 0 radical (unpaired) electrons. The van der Waals surface area contributed by atoms with Gasteiger partial charge in [-0.15, -0.1) is 0 Å². The number of esters is 1. The zero-order valence-corrected chi connectivity index (χ0v) is 8.86. The highest BCUT2D eigenvalue weighted by molar-refractivity contribution is 6.30. The van der Waals surface area contributed by atoms with E-state index >= 15 is 0 Å². The van der Waals surface area contributed by atoms with Crippen LogP contribution in [0.15, 0.2) is 30.5 Å². The molecule has 0 aliphatic heterocycles. The molecular formula is C10H10ClNO3. The number of hydrogen-bond acceptors (Lipinski definition) is 4. The highest BCUT2D eigenvalue weighted by atomic mass is 35.5. The van der Waals surface area contributed by atoms with Gasteiger partial charge in [-0.3, -0.25) is 4.98 Å². The van der Waals surface area contributed by atoms with E-state index in [4.69, 9.17) is 11.6 Å². The molecule has 1 atom stereocenters. The molecule has 1 aromatic rings. The molecule has 0 bridgehead atoms. The number of aliphatic hydroxyl groups is 1. The zero-order valence-electron chi connectivity index (χ0n) is 8.11. The maximum atomic E-state index is 11.1. The van der Waals surface area contributed by atoms with E-state index in [1.54, 1.807) is 6.07 Å². The van der Waals surface area contributed by atoms with E-state index in [9.17, 15) is 9.90 Å². The maximum absolute atomic E-state index is 11.1. The molecule has 0 aliphatic carbocycles. The van der Waals surface area contributed by atoms with Gasteiger partial charge < -0.3 is 9.84 Å². The van der Waals surface area contributed by atoms with Gasteiger partial charge in [0.05, 0.1) is 18.4 Å². The van der Waals surface area contributed by atoms with Crippen LogP contribution in [0.4, 0.5) is 0 Å². The summed E-state index contributed by atoms with van der Waals surface area (Å²) in [5.74, 6) is -0.677. The average Bonchev–Trinajstić information content (AvgIpc) is 2.26. The van der Waals surface area contributed by atoms with Gasteiger partial charge in [0.15, 0.2) is 0 Å². The predicted octanol–water partition coefficient (Wildman–Crippen LogP) is 1.50. The second-order valence-corrected chi connectivity index (χ2v) is 3.25. The summed E-state index contributed by atoms with van der Waals surface area (Å²) < 4.78 is 4.43. The number of aliphatic hydroxyl groups excluding tert-OH is 1. The summed E-state index contributed by atoms with van der Waals surface area (Å²) in [6.45, 7) is 3.42. The third-order valence-electron chi connectivity index (χ3n) is 1.80. The number of carbonyl (C=O) groups excluding carboxylic acids is 1. The first-order valence-electron chi connectivity index (χ1n) is 4.13. The maximum Gasteiger partial charge on any atom is 0.336 e. The van der Waals surface area contributed by atoms with Crippen molar-refractivity contribution in [2.45, 2.75) is 6.10 Å². The topological polar surface area (TPSA) is 59.4 Å². The quantitative estimate of drug-likeness (QED) is 0.628. The zero-order chi connectivity index (χ0) is 11.4. The SMILES string of the molecule is C=C(C(=O)OC)C(O)c1cc(Cl)ccn1. The Morgan fingerprint density at radius 3 is 2.93 bits per heavy atom. The van der Waals surface area contributed by atoms with E-state index in [1.807, 2.05) is 0 Å². The lowest BCUT2D eigenvalue weighted by Gasteiger charge is -2.11. The first-order chi connectivity index (χ1) is 7.06. The molecule has 0 saturated carbocycles. The lowest BCUT2D eigenvalue weighted by atomic mass is 10.1. The summed E-state index contributed by atoms with van der Waals surface area (Å²) in [6, 6.07) is 3.03. The molecule has 0 aromatic carbocycles. The van der Waals surface area contributed by atoms with E-state index in [0.717, 1.165) is 0 Å². The molecule has 0 aliphatic rings. The Morgan fingerprint density at radius 1 is 1.73 bits per heavy atom. The van der Waals surface area contributed by atoms with E-state index in [-0.39, 0.29) is 11.3 Å². The second-order valence-electron chi connectivity index (χ2n) is 2.82. The van der Waals surface area contributed by atoms with E-state index in [1.165, 1.54) is 19.4 Å². The highest BCUT2D eigenvalue weighted by Gasteiger charge is 2.19. The molecule has 0 saturated heterocycles. The fourth-order valence-corrected chi connectivity index (χ4v) is 1.16. The van der Waals surface area contributed by atoms with Gasteiger partial charge in [-0.25, -0.2) is 4.79 Å². The second kappa shape index (κ2) is 4.91. The fraction of sp³-hybridized carbons (Fsp3) is 0.200. The molecule has 1 rings (SSSR count). The molecule has 15 heavy (non-hydrogen) atoms. The van der Waals surface area contributed by atoms with Gasteiger partial charge in [0.2, 0.25) is 0 Å². The molecule has 0 amide bonds. The Morgan fingerprint density at radius 2 is 2.40 bits per heavy atom. The Bertz CT molecular complexity index is 392. The molecule has 1 unspecified atom stereocenters. The van der Waals surface area contributed by atoms with Crippen molar-refractivity contribution in [3.05, 3.63) is 41.2 Å². The number of halogens is 1. The van der Waals surface area contributed by atoms with E-state index in [2.05, 4.69) is 16.3 Å². The monoisotopic (exact) mass is 227 g/mol. The van der Waals surface area contributed by atoms with Crippen molar-refractivity contribution in [2.75, 3.05) is 7.11 Å². The van der Waals surface area contributed by atoms with Crippen molar-refractivity contribution in [1.82, 2.24) is 4.98 Å². The van der Waals surface area contributed by atoms with Crippen molar-refractivity contribution >= 4 is 17.6 Å². The Kier molecular flexibility index (Phi) is 3.82. The number of carbonyl (C=O) groups is 1. The first kappa shape index (κ1) is 11.7. The van der Waals surface area contributed by atoms with Gasteiger partial charge in [0, 0.05) is 11.2 Å². The number of pyridine rings is 1.